The fourth-order valence-electron chi connectivity index (χ4n) is 2.73. The minimum absolute atomic E-state index is 0.312. The molecule has 0 amide bonds. The molecule has 1 rings (SSSR count). The van der Waals surface area contributed by atoms with Crippen molar-refractivity contribution >= 4 is 0 Å². The van der Waals surface area contributed by atoms with Gasteiger partial charge in [0.05, 0.1) is 12.7 Å². The number of methoxy groups -OCH3 is 1. The molecule has 0 aromatic heterocycles. The molecule has 114 valence electrons. The van der Waals surface area contributed by atoms with Crippen molar-refractivity contribution in [2.75, 3.05) is 46.5 Å². The monoisotopic (exact) mass is 272 g/mol. The highest BCUT2D eigenvalue weighted by molar-refractivity contribution is 4.86. The van der Waals surface area contributed by atoms with Gasteiger partial charge in [0.25, 0.3) is 0 Å². The molecular formula is C15H32N2O2. The largest absolute Gasteiger partial charge is 0.385 e. The first kappa shape index (κ1) is 16.9. The summed E-state index contributed by atoms with van der Waals surface area (Å²) in [5, 5.41) is 3.69. The molecule has 0 saturated carbocycles. The molecule has 1 aliphatic heterocycles. The first-order chi connectivity index (χ1) is 9.22. The maximum Gasteiger partial charge on any atom is 0.0857 e. The summed E-state index contributed by atoms with van der Waals surface area (Å²) in [5.74, 6) is 0.577. The molecule has 1 saturated heterocycles. The molecule has 0 aromatic rings. The fraction of sp³-hybridized carbons (Fsp3) is 1.00. The Morgan fingerprint density at radius 2 is 2.21 bits per heavy atom. The summed E-state index contributed by atoms with van der Waals surface area (Å²) in [6.45, 7) is 12.7. The quantitative estimate of drug-likeness (QED) is 0.693. The maximum absolute atomic E-state index is 6.03. The van der Waals surface area contributed by atoms with Gasteiger partial charge in [0.15, 0.2) is 0 Å². The Labute approximate surface area is 118 Å². The lowest BCUT2D eigenvalue weighted by Gasteiger charge is -2.39. The third kappa shape index (κ3) is 5.78. The molecule has 1 N–H and O–H groups in total. The van der Waals surface area contributed by atoms with E-state index in [1.165, 1.54) is 0 Å². The zero-order chi connectivity index (χ0) is 14.1. The van der Waals surface area contributed by atoms with Gasteiger partial charge in [0, 0.05) is 32.8 Å². The van der Waals surface area contributed by atoms with Crippen molar-refractivity contribution in [3.63, 3.8) is 0 Å². The molecule has 0 aromatic carbocycles. The Hall–Kier alpha value is -0.160. The third-order valence-electron chi connectivity index (χ3n) is 4.05. The Kier molecular flexibility index (Phi) is 8.62. The lowest BCUT2D eigenvalue weighted by Crippen LogP contribution is -2.54. The van der Waals surface area contributed by atoms with Crippen LogP contribution in [0.15, 0.2) is 0 Å². The second-order valence-electron chi connectivity index (χ2n) is 5.54. The molecule has 1 fully saturated rings. The van der Waals surface area contributed by atoms with E-state index in [0.717, 1.165) is 52.2 Å². The second-order valence-corrected chi connectivity index (χ2v) is 5.54. The highest BCUT2D eigenvalue weighted by Crippen LogP contribution is 2.18. The minimum Gasteiger partial charge on any atom is -0.385 e. The summed E-state index contributed by atoms with van der Waals surface area (Å²) in [7, 11) is 1.77. The summed E-state index contributed by atoms with van der Waals surface area (Å²) in [6.07, 6.45) is 2.56. The van der Waals surface area contributed by atoms with Crippen LogP contribution in [0.3, 0.4) is 0 Å². The summed E-state index contributed by atoms with van der Waals surface area (Å²) in [6, 6.07) is 0.435. The van der Waals surface area contributed by atoms with E-state index in [4.69, 9.17) is 9.47 Å². The molecule has 1 aliphatic rings. The minimum atomic E-state index is 0.312. The average Bonchev–Trinajstić information content (AvgIpc) is 2.45. The number of rotatable bonds is 9. The Bertz CT molecular complexity index is 226. The number of hydrogen-bond donors (Lipinski definition) is 1. The zero-order valence-corrected chi connectivity index (χ0v) is 13.2. The maximum atomic E-state index is 6.03. The number of nitrogens with zero attached hydrogens (tertiary/aromatic N) is 1. The van der Waals surface area contributed by atoms with Crippen molar-refractivity contribution in [2.24, 2.45) is 5.92 Å². The molecular weight excluding hydrogens is 240 g/mol. The molecule has 0 bridgehead atoms. The first-order valence-corrected chi connectivity index (χ1v) is 7.79. The predicted molar refractivity (Wildman–Crippen MR) is 79.6 cm³/mol. The van der Waals surface area contributed by atoms with Gasteiger partial charge >= 0.3 is 0 Å². The van der Waals surface area contributed by atoms with Crippen LogP contribution in [0.2, 0.25) is 0 Å². The summed E-state index contributed by atoms with van der Waals surface area (Å²) >= 11 is 0. The number of hydrogen-bond acceptors (Lipinski definition) is 4. The van der Waals surface area contributed by atoms with Crippen LogP contribution in [0.4, 0.5) is 0 Å². The standard InChI is InChI=1S/C15H32N2O2/c1-5-8-16-15(13(3)7-10-18-4)14-12-17(6-2)9-11-19-14/h13-16H,5-12H2,1-4H3. The van der Waals surface area contributed by atoms with E-state index in [1.54, 1.807) is 7.11 Å². The van der Waals surface area contributed by atoms with Gasteiger partial charge in [-0.1, -0.05) is 20.8 Å². The Balaban J connectivity index is 2.55. The van der Waals surface area contributed by atoms with Crippen molar-refractivity contribution in [3.8, 4) is 0 Å². The summed E-state index contributed by atoms with van der Waals surface area (Å²) in [4.78, 5) is 2.48. The van der Waals surface area contributed by atoms with Crippen molar-refractivity contribution < 1.29 is 9.47 Å². The van der Waals surface area contributed by atoms with Crippen LogP contribution < -0.4 is 5.32 Å². The van der Waals surface area contributed by atoms with Gasteiger partial charge in [-0.25, -0.2) is 0 Å². The highest BCUT2D eigenvalue weighted by Gasteiger charge is 2.30. The summed E-state index contributed by atoms with van der Waals surface area (Å²) < 4.78 is 11.2. The van der Waals surface area contributed by atoms with Gasteiger partial charge in [-0.05, 0) is 31.8 Å². The normalized spacial score (nSPS) is 24.3. The summed E-state index contributed by atoms with van der Waals surface area (Å²) in [5.41, 5.74) is 0. The van der Waals surface area contributed by atoms with E-state index >= 15 is 0 Å². The lowest BCUT2D eigenvalue weighted by atomic mass is 9.92. The van der Waals surface area contributed by atoms with E-state index in [1.807, 2.05) is 0 Å². The third-order valence-corrected chi connectivity index (χ3v) is 4.05. The van der Waals surface area contributed by atoms with Crippen molar-refractivity contribution in [1.29, 1.82) is 0 Å². The molecule has 19 heavy (non-hydrogen) atoms. The highest BCUT2D eigenvalue weighted by atomic mass is 16.5. The van der Waals surface area contributed by atoms with Crippen molar-refractivity contribution in [3.05, 3.63) is 0 Å². The Morgan fingerprint density at radius 1 is 1.42 bits per heavy atom. The Morgan fingerprint density at radius 3 is 2.84 bits per heavy atom. The SMILES string of the molecule is CCCNC(C(C)CCOC)C1CN(CC)CCO1. The molecule has 3 atom stereocenters. The molecule has 0 spiro atoms. The number of morpholine rings is 1. The van der Waals surface area contributed by atoms with Gasteiger partial charge in [-0.2, -0.15) is 0 Å². The zero-order valence-electron chi connectivity index (χ0n) is 13.2. The van der Waals surface area contributed by atoms with Gasteiger partial charge in [0.2, 0.25) is 0 Å². The van der Waals surface area contributed by atoms with E-state index in [-0.39, 0.29) is 0 Å². The van der Waals surface area contributed by atoms with Gasteiger partial charge in [-0.3, -0.25) is 4.90 Å². The molecule has 1 heterocycles. The van der Waals surface area contributed by atoms with Gasteiger partial charge in [-0.15, -0.1) is 0 Å². The number of ether oxygens (including phenoxy) is 2. The second kappa shape index (κ2) is 9.70. The van der Waals surface area contributed by atoms with Crippen molar-refractivity contribution in [1.82, 2.24) is 10.2 Å². The number of likely N-dealkylation sites (N-methyl/N-ethyl adjacent to an activating group) is 1. The van der Waals surface area contributed by atoms with Crippen LogP contribution in [0.5, 0.6) is 0 Å². The first-order valence-electron chi connectivity index (χ1n) is 7.79. The van der Waals surface area contributed by atoms with Crippen LogP contribution in [-0.4, -0.2) is 63.5 Å². The smallest absolute Gasteiger partial charge is 0.0857 e. The van der Waals surface area contributed by atoms with Crippen LogP contribution in [0.25, 0.3) is 0 Å². The van der Waals surface area contributed by atoms with E-state index < -0.39 is 0 Å². The van der Waals surface area contributed by atoms with Crippen LogP contribution in [-0.2, 0) is 9.47 Å². The van der Waals surface area contributed by atoms with Gasteiger partial charge in [0.1, 0.15) is 0 Å². The fourth-order valence-corrected chi connectivity index (χ4v) is 2.73. The van der Waals surface area contributed by atoms with E-state index in [9.17, 15) is 0 Å². The van der Waals surface area contributed by atoms with E-state index in [2.05, 4.69) is 31.0 Å². The van der Waals surface area contributed by atoms with Gasteiger partial charge < -0.3 is 14.8 Å². The van der Waals surface area contributed by atoms with Crippen LogP contribution in [0, 0.1) is 5.92 Å². The average molecular weight is 272 g/mol. The van der Waals surface area contributed by atoms with E-state index in [0.29, 0.717) is 18.1 Å². The van der Waals surface area contributed by atoms with Crippen LogP contribution >= 0.6 is 0 Å². The lowest BCUT2D eigenvalue weighted by molar-refractivity contribution is -0.0555. The molecule has 4 heteroatoms. The molecule has 3 unspecified atom stereocenters. The molecule has 0 radical (unpaired) electrons. The predicted octanol–water partition coefficient (Wildman–Crippen LogP) is 1.75. The molecule has 0 aliphatic carbocycles. The number of nitrogens with one attached hydrogen (secondary N) is 1. The van der Waals surface area contributed by atoms with Crippen LogP contribution in [0.1, 0.15) is 33.6 Å². The topological polar surface area (TPSA) is 33.7 Å². The van der Waals surface area contributed by atoms with Crippen molar-refractivity contribution in [2.45, 2.75) is 45.8 Å². The molecule has 4 nitrogen and oxygen atoms in total.